The van der Waals surface area contributed by atoms with E-state index in [0.29, 0.717) is 30.8 Å². The zero-order chi connectivity index (χ0) is 15.6. The van der Waals surface area contributed by atoms with E-state index in [1.165, 1.54) is 4.31 Å². The summed E-state index contributed by atoms with van der Waals surface area (Å²) >= 11 is 0. The molecule has 0 spiro atoms. The lowest BCUT2D eigenvalue weighted by molar-refractivity contribution is 0.240. The molecule has 0 bridgehead atoms. The van der Waals surface area contributed by atoms with Gasteiger partial charge in [0.15, 0.2) is 0 Å². The predicted octanol–water partition coefficient (Wildman–Crippen LogP) is 2.32. The van der Waals surface area contributed by atoms with Crippen LogP contribution in [0.1, 0.15) is 32.3 Å². The van der Waals surface area contributed by atoms with E-state index in [0.717, 1.165) is 11.3 Å². The van der Waals surface area contributed by atoms with Crippen LogP contribution in [0, 0.1) is 6.92 Å². The van der Waals surface area contributed by atoms with Crippen molar-refractivity contribution >= 4 is 22.4 Å². The fraction of sp³-hybridized carbons (Fsp3) is 0.600. The van der Waals surface area contributed by atoms with E-state index >= 15 is 0 Å². The van der Waals surface area contributed by atoms with Crippen LogP contribution in [-0.4, -0.2) is 38.0 Å². The third-order valence-electron chi connectivity index (χ3n) is 3.65. The van der Waals surface area contributed by atoms with Crippen LogP contribution >= 0.6 is 12.4 Å². The molecule has 126 valence electrons. The molecule has 1 heterocycles. The number of aryl methyl sites for hydroxylation is 1. The van der Waals surface area contributed by atoms with Crippen molar-refractivity contribution in [2.45, 2.75) is 50.7 Å². The second-order valence-corrected chi connectivity index (χ2v) is 7.77. The number of hydrogen-bond acceptors (Lipinski definition) is 4. The molecule has 0 saturated carbocycles. The van der Waals surface area contributed by atoms with Gasteiger partial charge in [-0.3, -0.25) is 0 Å². The minimum Gasteiger partial charge on any atom is -0.491 e. The Labute approximate surface area is 139 Å². The molecule has 0 radical (unpaired) electrons. The maximum Gasteiger partial charge on any atom is 0.243 e. The molecule has 2 rings (SSSR count). The van der Waals surface area contributed by atoms with Gasteiger partial charge >= 0.3 is 0 Å². The number of piperidine rings is 1. The second kappa shape index (κ2) is 7.64. The van der Waals surface area contributed by atoms with Gasteiger partial charge in [-0.15, -0.1) is 12.4 Å². The zero-order valence-electron chi connectivity index (χ0n) is 13.3. The summed E-state index contributed by atoms with van der Waals surface area (Å²) in [5.41, 5.74) is 6.66. The Morgan fingerprint density at radius 1 is 1.27 bits per heavy atom. The molecule has 0 atom stereocenters. The van der Waals surface area contributed by atoms with Gasteiger partial charge in [0.2, 0.25) is 10.0 Å². The van der Waals surface area contributed by atoms with Crippen LogP contribution in [-0.2, 0) is 10.0 Å². The summed E-state index contributed by atoms with van der Waals surface area (Å²) in [5.74, 6) is 0.726. The van der Waals surface area contributed by atoms with Gasteiger partial charge < -0.3 is 10.5 Å². The van der Waals surface area contributed by atoms with Crippen molar-refractivity contribution in [3.05, 3.63) is 23.8 Å². The molecule has 1 aliphatic rings. The SMILES string of the molecule is Cc1cc(S(=O)(=O)N2CCC(N)CC2)ccc1OC(C)C.Cl. The number of nitrogens with zero attached hydrogens (tertiary/aromatic N) is 1. The molecule has 1 aromatic carbocycles. The average molecular weight is 349 g/mol. The summed E-state index contributed by atoms with van der Waals surface area (Å²) in [6.07, 6.45) is 1.49. The molecule has 1 saturated heterocycles. The number of nitrogens with two attached hydrogens (primary N) is 1. The molecule has 0 aromatic heterocycles. The Bertz CT molecular complexity index is 597. The first-order valence-corrected chi connectivity index (χ1v) is 8.77. The van der Waals surface area contributed by atoms with Crippen molar-refractivity contribution in [1.29, 1.82) is 0 Å². The van der Waals surface area contributed by atoms with Crippen LogP contribution in [0.15, 0.2) is 23.1 Å². The zero-order valence-corrected chi connectivity index (χ0v) is 14.9. The molecule has 22 heavy (non-hydrogen) atoms. The molecule has 1 aliphatic heterocycles. The predicted molar refractivity (Wildman–Crippen MR) is 90.2 cm³/mol. The van der Waals surface area contributed by atoms with Gasteiger partial charge in [-0.1, -0.05) is 0 Å². The van der Waals surface area contributed by atoms with Gasteiger partial charge in [-0.25, -0.2) is 8.42 Å². The van der Waals surface area contributed by atoms with E-state index in [9.17, 15) is 8.42 Å². The normalized spacial score (nSPS) is 17.3. The smallest absolute Gasteiger partial charge is 0.243 e. The Kier molecular flexibility index (Phi) is 6.67. The number of sulfonamides is 1. The third-order valence-corrected chi connectivity index (χ3v) is 5.54. The second-order valence-electron chi connectivity index (χ2n) is 5.84. The van der Waals surface area contributed by atoms with Crippen molar-refractivity contribution in [3.63, 3.8) is 0 Å². The van der Waals surface area contributed by atoms with Crippen LogP contribution in [0.25, 0.3) is 0 Å². The topological polar surface area (TPSA) is 72.6 Å². The molecule has 0 amide bonds. The molecule has 0 unspecified atom stereocenters. The summed E-state index contributed by atoms with van der Waals surface area (Å²) in [7, 11) is -3.43. The molecule has 7 heteroatoms. The van der Waals surface area contributed by atoms with Gasteiger partial charge in [-0.05, 0) is 57.4 Å². The Morgan fingerprint density at radius 3 is 2.36 bits per heavy atom. The van der Waals surface area contributed by atoms with Gasteiger partial charge in [0.1, 0.15) is 5.75 Å². The molecule has 1 fully saturated rings. The van der Waals surface area contributed by atoms with Crippen molar-refractivity contribution in [3.8, 4) is 5.75 Å². The Hall–Kier alpha value is -0.820. The summed E-state index contributed by atoms with van der Waals surface area (Å²) in [6, 6.07) is 5.15. The average Bonchev–Trinajstić information content (AvgIpc) is 2.41. The highest BCUT2D eigenvalue weighted by molar-refractivity contribution is 7.89. The first-order chi connectivity index (χ1) is 9.80. The summed E-state index contributed by atoms with van der Waals surface area (Å²) in [6.45, 7) is 6.74. The minimum atomic E-state index is -3.43. The van der Waals surface area contributed by atoms with E-state index in [2.05, 4.69) is 0 Å². The maximum absolute atomic E-state index is 12.6. The highest BCUT2D eigenvalue weighted by atomic mass is 35.5. The van der Waals surface area contributed by atoms with E-state index in [4.69, 9.17) is 10.5 Å². The highest BCUT2D eigenvalue weighted by Gasteiger charge is 2.28. The maximum atomic E-state index is 12.6. The molecule has 2 N–H and O–H groups in total. The first-order valence-electron chi connectivity index (χ1n) is 7.33. The number of hydrogen-bond donors (Lipinski definition) is 1. The van der Waals surface area contributed by atoms with Crippen LogP contribution in [0.3, 0.4) is 0 Å². The molecular formula is C15H25ClN2O3S. The lowest BCUT2D eigenvalue weighted by Crippen LogP contribution is -2.42. The molecule has 5 nitrogen and oxygen atoms in total. The van der Waals surface area contributed by atoms with E-state index in [-0.39, 0.29) is 24.6 Å². The fourth-order valence-electron chi connectivity index (χ4n) is 2.43. The van der Waals surface area contributed by atoms with Crippen LogP contribution in [0.4, 0.5) is 0 Å². The van der Waals surface area contributed by atoms with Gasteiger partial charge in [0, 0.05) is 19.1 Å². The van der Waals surface area contributed by atoms with Crippen LogP contribution in [0.5, 0.6) is 5.75 Å². The quantitative estimate of drug-likeness (QED) is 0.906. The van der Waals surface area contributed by atoms with E-state index in [1.54, 1.807) is 18.2 Å². The Morgan fingerprint density at radius 2 is 1.86 bits per heavy atom. The van der Waals surface area contributed by atoms with Crippen molar-refractivity contribution in [2.75, 3.05) is 13.1 Å². The van der Waals surface area contributed by atoms with E-state index < -0.39 is 10.0 Å². The number of benzene rings is 1. The third kappa shape index (κ3) is 4.35. The van der Waals surface area contributed by atoms with Crippen molar-refractivity contribution in [2.24, 2.45) is 5.73 Å². The first kappa shape index (κ1) is 19.2. The minimum absolute atomic E-state index is 0. The van der Waals surface area contributed by atoms with Crippen LogP contribution < -0.4 is 10.5 Å². The van der Waals surface area contributed by atoms with Crippen molar-refractivity contribution < 1.29 is 13.2 Å². The number of rotatable bonds is 4. The lowest BCUT2D eigenvalue weighted by atomic mass is 10.1. The monoisotopic (exact) mass is 348 g/mol. The van der Waals surface area contributed by atoms with Gasteiger partial charge in [0.05, 0.1) is 11.0 Å². The summed E-state index contributed by atoms with van der Waals surface area (Å²) < 4.78 is 32.4. The highest BCUT2D eigenvalue weighted by Crippen LogP contribution is 2.26. The van der Waals surface area contributed by atoms with Crippen LogP contribution in [0.2, 0.25) is 0 Å². The molecular weight excluding hydrogens is 324 g/mol. The standard InChI is InChI=1S/C15H24N2O3S.ClH/c1-11(2)20-15-5-4-14(10-12(15)3)21(18,19)17-8-6-13(16)7-9-17;/h4-5,10-11,13H,6-9,16H2,1-3H3;1H. The largest absolute Gasteiger partial charge is 0.491 e. The molecule has 1 aromatic rings. The lowest BCUT2D eigenvalue weighted by Gasteiger charge is -2.29. The summed E-state index contributed by atoms with van der Waals surface area (Å²) in [5, 5.41) is 0. The number of ether oxygens (including phenoxy) is 1. The van der Waals surface area contributed by atoms with Gasteiger partial charge in [0.25, 0.3) is 0 Å². The fourth-order valence-corrected chi connectivity index (χ4v) is 3.99. The summed E-state index contributed by atoms with van der Waals surface area (Å²) in [4.78, 5) is 0.326. The Balaban J connectivity index is 0.00000242. The van der Waals surface area contributed by atoms with E-state index in [1.807, 2.05) is 20.8 Å². The number of halogens is 1. The molecule has 0 aliphatic carbocycles. The van der Waals surface area contributed by atoms with Gasteiger partial charge in [-0.2, -0.15) is 4.31 Å². The van der Waals surface area contributed by atoms with Crippen molar-refractivity contribution in [1.82, 2.24) is 4.31 Å².